The van der Waals surface area contributed by atoms with E-state index in [0.717, 1.165) is 6.42 Å². The van der Waals surface area contributed by atoms with E-state index in [4.69, 9.17) is 14.2 Å². The number of esters is 1. The molecule has 1 aromatic carbocycles. The van der Waals surface area contributed by atoms with Crippen LogP contribution in [-0.4, -0.2) is 98.4 Å². The molecule has 1 fully saturated rings. The second-order valence-corrected chi connectivity index (χ2v) is 10.6. The fraction of sp³-hybridized carbons (Fsp3) is 0.607. The molecule has 0 radical (unpaired) electrons. The molecular weight excluding hydrogens is 502 g/mol. The summed E-state index contributed by atoms with van der Waals surface area (Å²) >= 11 is 0. The molecule has 39 heavy (non-hydrogen) atoms. The van der Waals surface area contributed by atoms with Crippen molar-refractivity contribution in [3.05, 3.63) is 35.0 Å². The molecule has 1 aromatic rings. The Hall–Kier alpha value is -3.47. The number of benzene rings is 1. The van der Waals surface area contributed by atoms with Gasteiger partial charge in [0.25, 0.3) is 0 Å². The molecule has 0 bridgehead atoms. The number of ether oxygens (including phenoxy) is 3. The summed E-state index contributed by atoms with van der Waals surface area (Å²) in [6.45, 7) is 12.9. The molecular formula is C28H43N5O6. The fourth-order valence-corrected chi connectivity index (χ4v) is 4.90. The summed E-state index contributed by atoms with van der Waals surface area (Å²) in [6.07, 6.45) is 0.769. The van der Waals surface area contributed by atoms with Crippen molar-refractivity contribution >= 4 is 18.0 Å². The summed E-state index contributed by atoms with van der Waals surface area (Å²) in [5.74, 6) is 0.591. The molecule has 2 heterocycles. The molecule has 0 saturated carbocycles. The number of amides is 4. The van der Waals surface area contributed by atoms with Crippen molar-refractivity contribution in [2.45, 2.75) is 52.6 Å². The molecule has 3 rings (SSSR count). The summed E-state index contributed by atoms with van der Waals surface area (Å²) in [5.41, 5.74) is 1.22. The number of methoxy groups -OCH3 is 2. The predicted octanol–water partition coefficient (Wildman–Crippen LogP) is 3.12. The van der Waals surface area contributed by atoms with E-state index in [-0.39, 0.29) is 24.2 Å². The topological polar surface area (TPSA) is 113 Å². The molecule has 11 nitrogen and oxygen atoms in total. The van der Waals surface area contributed by atoms with Crippen LogP contribution in [0.4, 0.5) is 9.59 Å². The first kappa shape index (κ1) is 30.1. The Bertz CT molecular complexity index is 1080. The lowest BCUT2D eigenvalue weighted by Gasteiger charge is -2.38. The molecule has 1 atom stereocenters. The number of nitrogens with zero attached hydrogens (tertiary/aromatic N) is 3. The van der Waals surface area contributed by atoms with Gasteiger partial charge >= 0.3 is 18.0 Å². The number of carbonyl (C=O) groups is 3. The Morgan fingerprint density at radius 2 is 1.82 bits per heavy atom. The number of likely N-dealkylation sites (N-methyl/N-ethyl adjacent to an activating group) is 1. The summed E-state index contributed by atoms with van der Waals surface area (Å²) in [7, 11) is 3.10. The molecule has 1 saturated heterocycles. The first-order valence-corrected chi connectivity index (χ1v) is 13.5. The van der Waals surface area contributed by atoms with Gasteiger partial charge in [0.1, 0.15) is 11.5 Å². The molecule has 0 aliphatic carbocycles. The lowest BCUT2D eigenvalue weighted by Crippen LogP contribution is -2.51. The average Bonchev–Trinajstić information content (AvgIpc) is 3.13. The maximum Gasteiger partial charge on any atom is 0.338 e. The zero-order valence-electron chi connectivity index (χ0n) is 24.3. The molecule has 11 heteroatoms. The molecule has 216 valence electrons. The van der Waals surface area contributed by atoms with Crippen molar-refractivity contribution in [1.29, 1.82) is 0 Å². The lowest BCUT2D eigenvalue weighted by molar-refractivity contribution is -0.139. The molecule has 0 spiro atoms. The van der Waals surface area contributed by atoms with Crippen LogP contribution in [-0.2, 0) is 9.53 Å². The van der Waals surface area contributed by atoms with E-state index in [2.05, 4.69) is 15.5 Å². The number of hydrogen-bond donors (Lipinski definition) is 2. The van der Waals surface area contributed by atoms with Crippen LogP contribution in [0.1, 0.15) is 52.6 Å². The highest BCUT2D eigenvalue weighted by Gasteiger charge is 2.39. The van der Waals surface area contributed by atoms with Gasteiger partial charge in [0, 0.05) is 56.1 Å². The van der Waals surface area contributed by atoms with Crippen LogP contribution in [0.2, 0.25) is 0 Å². The van der Waals surface area contributed by atoms with Crippen LogP contribution in [0.25, 0.3) is 0 Å². The molecule has 0 unspecified atom stereocenters. The average molecular weight is 546 g/mol. The first-order chi connectivity index (χ1) is 18.5. The summed E-state index contributed by atoms with van der Waals surface area (Å²) < 4.78 is 16.5. The number of urea groups is 2. The van der Waals surface area contributed by atoms with Gasteiger partial charge in [-0.3, -0.25) is 9.80 Å². The van der Waals surface area contributed by atoms with Crippen molar-refractivity contribution < 1.29 is 28.6 Å². The summed E-state index contributed by atoms with van der Waals surface area (Å²) in [5, 5.41) is 6.02. The number of hydrogen-bond acceptors (Lipinski definition) is 7. The maximum absolute atomic E-state index is 13.5. The maximum atomic E-state index is 13.5. The van der Waals surface area contributed by atoms with Gasteiger partial charge in [0.05, 0.1) is 32.4 Å². The third-order valence-electron chi connectivity index (χ3n) is 6.73. The van der Waals surface area contributed by atoms with E-state index in [0.29, 0.717) is 67.6 Å². The minimum absolute atomic E-state index is 0.0896. The van der Waals surface area contributed by atoms with E-state index in [9.17, 15) is 14.4 Å². The molecule has 4 amide bonds. The highest BCUT2D eigenvalue weighted by Crippen LogP contribution is 2.38. The van der Waals surface area contributed by atoms with Crippen molar-refractivity contribution in [2.75, 3.05) is 60.1 Å². The van der Waals surface area contributed by atoms with Gasteiger partial charge in [-0.1, -0.05) is 0 Å². The minimum Gasteiger partial charge on any atom is -0.497 e. The monoisotopic (exact) mass is 545 g/mol. The highest BCUT2D eigenvalue weighted by atomic mass is 16.5. The van der Waals surface area contributed by atoms with E-state index in [1.54, 1.807) is 44.2 Å². The molecule has 2 aliphatic heterocycles. The van der Waals surface area contributed by atoms with Crippen LogP contribution in [0.3, 0.4) is 0 Å². The lowest BCUT2D eigenvalue weighted by atomic mass is 9.93. The largest absolute Gasteiger partial charge is 0.497 e. The summed E-state index contributed by atoms with van der Waals surface area (Å²) in [4.78, 5) is 45.2. The van der Waals surface area contributed by atoms with Gasteiger partial charge in [0.2, 0.25) is 0 Å². The number of carbonyl (C=O) groups excluding carboxylic acids is 3. The molecule has 2 aliphatic rings. The number of rotatable bonds is 8. The first-order valence-electron chi connectivity index (χ1n) is 13.5. The van der Waals surface area contributed by atoms with Gasteiger partial charge in [-0.25, -0.2) is 14.4 Å². The molecule has 0 aromatic heterocycles. The molecule has 2 N–H and O–H groups in total. The number of nitrogens with one attached hydrogen (secondary N) is 2. The Labute approximate surface area is 231 Å². The second kappa shape index (κ2) is 13.1. The Morgan fingerprint density at radius 1 is 1.08 bits per heavy atom. The third-order valence-corrected chi connectivity index (χ3v) is 6.73. The van der Waals surface area contributed by atoms with Crippen molar-refractivity contribution in [3.63, 3.8) is 0 Å². The fourth-order valence-electron chi connectivity index (χ4n) is 4.90. The van der Waals surface area contributed by atoms with Gasteiger partial charge in [-0.15, -0.1) is 0 Å². The highest BCUT2D eigenvalue weighted by molar-refractivity contribution is 5.95. The zero-order valence-corrected chi connectivity index (χ0v) is 24.3. The van der Waals surface area contributed by atoms with Gasteiger partial charge in [-0.2, -0.15) is 0 Å². The van der Waals surface area contributed by atoms with Crippen LogP contribution in [0.15, 0.2) is 29.5 Å². The predicted molar refractivity (Wildman–Crippen MR) is 148 cm³/mol. The van der Waals surface area contributed by atoms with Gasteiger partial charge in [0.15, 0.2) is 0 Å². The Kier molecular flexibility index (Phi) is 10.1. The quantitative estimate of drug-likeness (QED) is 0.483. The van der Waals surface area contributed by atoms with Crippen LogP contribution in [0, 0.1) is 0 Å². The van der Waals surface area contributed by atoms with E-state index in [1.807, 2.05) is 32.6 Å². The van der Waals surface area contributed by atoms with E-state index in [1.165, 1.54) is 0 Å². The van der Waals surface area contributed by atoms with Crippen molar-refractivity contribution in [1.82, 2.24) is 25.3 Å². The standard InChI is InChI=1S/C28H43N5O6/c1-8-33-21(18-31-13-10-14-32(16-15-31)27(36)30-28(3,4)5)23(25(34)39-9-2)24(29-26(33)35)20-17-19(37-6)11-12-22(20)38-7/h11-12,17,24H,8-10,13-16,18H2,1-7H3,(H,29,35)(H,30,36)/t24-/m0/s1. The Morgan fingerprint density at radius 3 is 2.44 bits per heavy atom. The zero-order chi connectivity index (χ0) is 28.7. The third kappa shape index (κ3) is 7.35. The van der Waals surface area contributed by atoms with Gasteiger partial charge < -0.3 is 29.7 Å². The SMILES string of the molecule is CCOC(=O)C1=C(CN2CCCN(C(=O)NC(C)(C)C)CC2)N(CC)C(=O)N[C@H]1c1cc(OC)ccc1OC. The van der Waals surface area contributed by atoms with E-state index < -0.39 is 12.0 Å². The van der Waals surface area contributed by atoms with Crippen molar-refractivity contribution in [3.8, 4) is 11.5 Å². The van der Waals surface area contributed by atoms with Crippen LogP contribution < -0.4 is 20.1 Å². The Balaban J connectivity index is 2.00. The summed E-state index contributed by atoms with van der Waals surface area (Å²) in [6, 6.07) is 4.09. The van der Waals surface area contributed by atoms with E-state index >= 15 is 0 Å². The van der Waals surface area contributed by atoms with Gasteiger partial charge in [-0.05, 0) is 59.2 Å². The van der Waals surface area contributed by atoms with Crippen molar-refractivity contribution in [2.24, 2.45) is 0 Å². The van der Waals surface area contributed by atoms with Crippen LogP contribution in [0.5, 0.6) is 11.5 Å². The van der Waals surface area contributed by atoms with Crippen LogP contribution >= 0.6 is 0 Å². The minimum atomic E-state index is -0.791. The smallest absolute Gasteiger partial charge is 0.338 e. The normalized spacial score (nSPS) is 18.8. The second-order valence-electron chi connectivity index (χ2n) is 10.6.